The van der Waals surface area contributed by atoms with E-state index in [1.54, 1.807) is 31.2 Å². The summed E-state index contributed by atoms with van der Waals surface area (Å²) in [5.74, 6) is 0.217. The van der Waals surface area contributed by atoms with Gasteiger partial charge in [0.2, 0.25) is 0 Å². The summed E-state index contributed by atoms with van der Waals surface area (Å²) in [6.45, 7) is 1.42. The van der Waals surface area contributed by atoms with Gasteiger partial charge in [0.15, 0.2) is 5.78 Å². The number of ether oxygens (including phenoxy) is 1. The van der Waals surface area contributed by atoms with Crippen LogP contribution in [-0.2, 0) is 6.61 Å². The molecule has 98 valence electrons. The van der Waals surface area contributed by atoms with Crippen molar-refractivity contribution in [1.29, 1.82) is 0 Å². The van der Waals surface area contributed by atoms with Crippen LogP contribution < -0.4 is 4.74 Å². The predicted molar refractivity (Wildman–Crippen MR) is 76.9 cm³/mol. The minimum atomic E-state index is -0.622. The summed E-state index contributed by atoms with van der Waals surface area (Å²) in [5.41, 5.74) is 0.531. The Labute approximate surface area is 125 Å². The maximum Gasteiger partial charge on any atom is 0.180 e. The number of halogens is 1. The Bertz CT molecular complexity index is 746. The first-order chi connectivity index (χ1) is 11.2. The maximum absolute atomic E-state index is 11.7. The molecular formula is C16H15ClO2. The van der Waals surface area contributed by atoms with E-state index in [-0.39, 0.29) is 30.0 Å². The second-order valence-corrected chi connectivity index (χ2v) is 4.55. The number of carbonyl (C=O) groups excluding carboxylic acids is 1. The predicted octanol–water partition coefficient (Wildman–Crippen LogP) is 4.08. The van der Waals surface area contributed by atoms with E-state index in [2.05, 4.69) is 0 Å². The quantitative estimate of drug-likeness (QED) is 0.609. The zero-order chi connectivity index (χ0) is 18.0. The average Bonchev–Trinajstić information content (AvgIpc) is 2.58. The van der Waals surface area contributed by atoms with Crippen molar-refractivity contribution in [3.8, 4) is 5.75 Å². The summed E-state index contributed by atoms with van der Waals surface area (Å²) in [7, 11) is 0. The maximum atomic E-state index is 11.7. The molecule has 0 saturated heterocycles. The van der Waals surface area contributed by atoms with Crippen molar-refractivity contribution in [1.82, 2.24) is 0 Å². The highest BCUT2D eigenvalue weighted by Crippen LogP contribution is 2.16. The van der Waals surface area contributed by atoms with Crippen LogP contribution in [0.5, 0.6) is 5.75 Å². The smallest absolute Gasteiger partial charge is 0.180 e. The highest BCUT2D eigenvalue weighted by Gasteiger charge is 2.11. The molecule has 0 spiro atoms. The van der Waals surface area contributed by atoms with E-state index < -0.39 is 23.5 Å². The van der Waals surface area contributed by atoms with E-state index in [1.807, 2.05) is 0 Å². The van der Waals surface area contributed by atoms with Gasteiger partial charge in [0.25, 0.3) is 0 Å². The van der Waals surface area contributed by atoms with Gasteiger partial charge in [0.1, 0.15) is 12.4 Å². The second kappa shape index (κ2) is 6.39. The van der Waals surface area contributed by atoms with Crippen LogP contribution in [0.2, 0.25) is 0 Å². The van der Waals surface area contributed by atoms with Crippen molar-refractivity contribution in [2.45, 2.75) is 18.9 Å². The number of carbonyl (C=O) groups is 1. The van der Waals surface area contributed by atoms with Crippen molar-refractivity contribution >= 4 is 17.4 Å². The van der Waals surface area contributed by atoms with Crippen LogP contribution in [0.25, 0.3) is 0 Å². The zero-order valence-corrected chi connectivity index (χ0v) is 11.0. The van der Waals surface area contributed by atoms with Crippen LogP contribution in [0.3, 0.4) is 0 Å². The van der Waals surface area contributed by atoms with E-state index in [1.165, 1.54) is 0 Å². The third-order valence-electron chi connectivity index (χ3n) is 2.44. The minimum Gasteiger partial charge on any atom is -0.489 e. The molecule has 0 aliphatic heterocycles. The molecule has 0 amide bonds. The fraction of sp³-hybridized carbons (Fsp3) is 0.188. The molecule has 0 aromatic heterocycles. The molecule has 3 heteroatoms. The highest BCUT2D eigenvalue weighted by molar-refractivity contribution is 6.33. The Morgan fingerprint density at radius 3 is 2.47 bits per heavy atom. The average molecular weight is 280 g/mol. The Kier molecular flexibility index (Phi) is 2.82. The van der Waals surface area contributed by atoms with Gasteiger partial charge in [-0.15, -0.1) is 11.6 Å². The van der Waals surface area contributed by atoms with Gasteiger partial charge in [-0.05, 0) is 36.8 Å². The summed E-state index contributed by atoms with van der Waals surface area (Å²) < 4.78 is 43.9. The molecule has 0 radical (unpaired) electrons. The van der Waals surface area contributed by atoms with E-state index >= 15 is 0 Å². The van der Waals surface area contributed by atoms with Crippen molar-refractivity contribution in [3.63, 3.8) is 0 Å². The van der Waals surface area contributed by atoms with Crippen LogP contribution in [0.4, 0.5) is 0 Å². The number of rotatable bonds is 5. The number of benzene rings is 2. The molecule has 2 rings (SSSR count). The lowest BCUT2D eigenvalue weighted by Gasteiger charge is -2.07. The third-order valence-corrected chi connectivity index (χ3v) is 2.63. The van der Waals surface area contributed by atoms with Gasteiger partial charge < -0.3 is 4.74 Å². The molecule has 2 nitrogen and oxygen atoms in total. The van der Waals surface area contributed by atoms with E-state index in [9.17, 15) is 4.79 Å². The van der Waals surface area contributed by atoms with Crippen molar-refractivity contribution in [3.05, 3.63) is 65.6 Å². The Hall–Kier alpha value is -1.80. The standard InChI is InChI=1S/C16H15ClO2/c1-12(17)16(18)14-7-9-15(10-8-14)19-11-13-5-3-2-4-6-13/h2-10,12H,11H2,1H3/i2D,3D,4D,5D,6D. The molecule has 0 aliphatic rings. The summed E-state index contributed by atoms with van der Waals surface area (Å²) in [4.78, 5) is 11.7. The Morgan fingerprint density at radius 1 is 1.26 bits per heavy atom. The van der Waals surface area contributed by atoms with E-state index in [0.29, 0.717) is 11.3 Å². The fourth-order valence-electron chi connectivity index (χ4n) is 1.45. The molecule has 0 saturated carbocycles. The lowest BCUT2D eigenvalue weighted by Crippen LogP contribution is -2.10. The van der Waals surface area contributed by atoms with Crippen LogP contribution in [0, 0.1) is 0 Å². The first kappa shape index (κ1) is 8.39. The van der Waals surface area contributed by atoms with Crippen molar-refractivity contribution in [2.75, 3.05) is 0 Å². The highest BCUT2D eigenvalue weighted by atomic mass is 35.5. The van der Waals surface area contributed by atoms with Gasteiger partial charge in [-0.2, -0.15) is 0 Å². The molecular weight excluding hydrogens is 260 g/mol. The first-order valence-electron chi connectivity index (χ1n) is 8.21. The normalized spacial score (nSPS) is 15.6. The largest absolute Gasteiger partial charge is 0.489 e. The molecule has 0 bridgehead atoms. The second-order valence-electron chi connectivity index (χ2n) is 3.90. The fourth-order valence-corrected chi connectivity index (χ4v) is 1.57. The van der Waals surface area contributed by atoms with Gasteiger partial charge in [-0.25, -0.2) is 0 Å². The van der Waals surface area contributed by atoms with Gasteiger partial charge in [0.05, 0.1) is 12.2 Å². The van der Waals surface area contributed by atoms with E-state index in [0.717, 1.165) is 0 Å². The summed E-state index contributed by atoms with van der Waals surface area (Å²) in [6.07, 6.45) is 0. The molecule has 0 aliphatic carbocycles. The lowest BCUT2D eigenvalue weighted by atomic mass is 10.1. The lowest BCUT2D eigenvalue weighted by molar-refractivity contribution is 0.0991. The van der Waals surface area contributed by atoms with Crippen molar-refractivity contribution in [2.24, 2.45) is 0 Å². The molecule has 1 atom stereocenters. The topological polar surface area (TPSA) is 26.3 Å². The summed E-state index contributed by atoms with van der Waals surface area (Å²) in [6, 6.07) is 4.47. The molecule has 1 unspecified atom stereocenters. The van der Waals surface area contributed by atoms with E-state index in [4.69, 9.17) is 23.2 Å². The SMILES string of the molecule is [2H]c1c([2H])c([2H])c(COc2ccc(C(=O)C(C)Cl)cc2)c([2H])c1[2H]. The molecule has 2 aromatic rings. The molecule has 2 aromatic carbocycles. The minimum absolute atomic E-state index is 0.0792. The number of hydrogen-bond acceptors (Lipinski definition) is 2. The molecule has 0 heterocycles. The molecule has 0 N–H and O–H groups in total. The third kappa shape index (κ3) is 3.83. The number of Topliss-reactive ketones (excluding diaryl/α,β-unsaturated/α-hetero) is 1. The van der Waals surface area contributed by atoms with Gasteiger partial charge in [-0.3, -0.25) is 4.79 Å². The van der Waals surface area contributed by atoms with Crippen LogP contribution >= 0.6 is 11.6 Å². The summed E-state index contributed by atoms with van der Waals surface area (Å²) in [5, 5.41) is -0.622. The number of hydrogen-bond donors (Lipinski definition) is 0. The number of ketones is 1. The molecule has 19 heavy (non-hydrogen) atoms. The molecule has 0 fully saturated rings. The van der Waals surface area contributed by atoms with Gasteiger partial charge >= 0.3 is 0 Å². The van der Waals surface area contributed by atoms with Gasteiger partial charge in [0, 0.05) is 5.56 Å². The van der Waals surface area contributed by atoms with Crippen LogP contribution in [0.15, 0.2) is 54.5 Å². The van der Waals surface area contributed by atoms with Crippen LogP contribution in [0.1, 0.15) is 29.7 Å². The van der Waals surface area contributed by atoms with Crippen LogP contribution in [-0.4, -0.2) is 11.2 Å². The van der Waals surface area contributed by atoms with Crippen molar-refractivity contribution < 1.29 is 16.4 Å². The first-order valence-corrected chi connectivity index (χ1v) is 6.14. The zero-order valence-electron chi connectivity index (χ0n) is 15.3. The van der Waals surface area contributed by atoms with Gasteiger partial charge in [-0.1, -0.05) is 30.2 Å². The number of alkyl halides is 1. The summed E-state index contributed by atoms with van der Waals surface area (Å²) >= 11 is 5.75. The Balaban J connectivity index is 2.19. The monoisotopic (exact) mass is 279 g/mol. The Morgan fingerprint density at radius 2 is 1.89 bits per heavy atom.